The largest absolute Gasteiger partial charge is 0.573 e. The monoisotopic (exact) mass is 806 g/mol. The molecule has 3 nitrogen and oxygen atoms in total. The van der Waals surface area contributed by atoms with Crippen molar-refractivity contribution < 1.29 is 17.9 Å². The van der Waals surface area contributed by atoms with E-state index in [1.54, 1.807) is 12.1 Å². The van der Waals surface area contributed by atoms with Gasteiger partial charge in [0.2, 0.25) is 0 Å². The van der Waals surface area contributed by atoms with Crippen molar-refractivity contribution in [1.82, 2.24) is 0 Å². The maximum absolute atomic E-state index is 14.5. The third kappa shape index (κ3) is 7.89. The SMILES string of the molecule is CCc1cccc(CC)c1NC1=C(Nc2c(C(c3ccccc3)c3ccccc3)cc(OC(F)(F)F)cc2C(c2ccccc2)c2ccccc2)c2cccc3cccc1c23. The summed E-state index contributed by atoms with van der Waals surface area (Å²) in [6.07, 6.45) is -3.26. The minimum Gasteiger partial charge on any atom is -0.406 e. The van der Waals surface area contributed by atoms with Gasteiger partial charge in [0.25, 0.3) is 0 Å². The van der Waals surface area contributed by atoms with Gasteiger partial charge in [-0.1, -0.05) is 190 Å². The average molecular weight is 807 g/mol. The molecule has 0 atom stereocenters. The fraction of sp³-hybridized carbons (Fsp3) is 0.127. The van der Waals surface area contributed by atoms with Crippen molar-refractivity contribution in [2.24, 2.45) is 0 Å². The van der Waals surface area contributed by atoms with Crippen LogP contribution in [0, 0.1) is 0 Å². The molecule has 0 saturated carbocycles. The van der Waals surface area contributed by atoms with E-state index in [2.05, 4.69) is 79.1 Å². The van der Waals surface area contributed by atoms with Gasteiger partial charge >= 0.3 is 6.36 Å². The molecule has 0 amide bonds. The van der Waals surface area contributed by atoms with Crippen molar-refractivity contribution in [2.75, 3.05) is 10.6 Å². The van der Waals surface area contributed by atoms with Crippen molar-refractivity contribution in [3.8, 4) is 5.75 Å². The number of rotatable bonds is 13. The van der Waals surface area contributed by atoms with Gasteiger partial charge in [-0.15, -0.1) is 13.2 Å². The molecule has 302 valence electrons. The van der Waals surface area contributed by atoms with Crippen LogP contribution >= 0.6 is 0 Å². The van der Waals surface area contributed by atoms with Gasteiger partial charge in [-0.05, 0) is 74.9 Å². The van der Waals surface area contributed by atoms with E-state index >= 15 is 0 Å². The fourth-order valence-corrected chi connectivity index (χ4v) is 9.08. The predicted octanol–water partition coefficient (Wildman–Crippen LogP) is 14.6. The maximum atomic E-state index is 14.5. The molecule has 1 aliphatic rings. The first-order valence-electron chi connectivity index (χ1n) is 20.9. The first-order valence-corrected chi connectivity index (χ1v) is 20.9. The van der Waals surface area contributed by atoms with E-state index in [-0.39, 0.29) is 5.75 Å². The number of hydrogen-bond acceptors (Lipinski definition) is 3. The van der Waals surface area contributed by atoms with Crippen molar-refractivity contribution in [3.63, 3.8) is 0 Å². The van der Waals surface area contributed by atoms with Gasteiger partial charge in [0.15, 0.2) is 0 Å². The van der Waals surface area contributed by atoms with Gasteiger partial charge in [0, 0.05) is 39.7 Å². The zero-order valence-corrected chi connectivity index (χ0v) is 34.0. The Morgan fingerprint density at radius 3 is 1.21 bits per heavy atom. The Labute approximate surface area is 355 Å². The quantitative estimate of drug-likeness (QED) is 0.114. The minimum atomic E-state index is -4.93. The highest BCUT2D eigenvalue weighted by Crippen LogP contribution is 2.50. The Balaban J connectivity index is 1.39. The summed E-state index contributed by atoms with van der Waals surface area (Å²) in [4.78, 5) is 0. The smallest absolute Gasteiger partial charge is 0.406 e. The zero-order chi connectivity index (χ0) is 41.9. The number of halogens is 3. The van der Waals surface area contributed by atoms with Crippen LogP contribution in [0.15, 0.2) is 188 Å². The van der Waals surface area contributed by atoms with Gasteiger partial charge in [-0.25, -0.2) is 0 Å². The lowest BCUT2D eigenvalue weighted by molar-refractivity contribution is -0.274. The number of aryl methyl sites for hydroxylation is 2. The Morgan fingerprint density at radius 2 is 0.836 bits per heavy atom. The van der Waals surface area contributed by atoms with Crippen LogP contribution in [0.3, 0.4) is 0 Å². The van der Waals surface area contributed by atoms with Gasteiger partial charge in [0.1, 0.15) is 5.75 Å². The number of alkyl halides is 3. The highest BCUT2D eigenvalue weighted by molar-refractivity contribution is 6.18. The van der Waals surface area contributed by atoms with Crippen molar-refractivity contribution >= 4 is 33.5 Å². The molecule has 0 saturated heterocycles. The van der Waals surface area contributed by atoms with E-state index in [0.29, 0.717) is 16.8 Å². The molecular weight excluding hydrogens is 762 g/mol. The summed E-state index contributed by atoms with van der Waals surface area (Å²) in [6, 6.07) is 62.2. The van der Waals surface area contributed by atoms with Crippen LogP contribution in [0.4, 0.5) is 24.5 Å². The van der Waals surface area contributed by atoms with E-state index in [0.717, 1.165) is 74.1 Å². The van der Waals surface area contributed by atoms with Crippen LogP contribution in [-0.2, 0) is 12.8 Å². The Hall–Kier alpha value is -7.05. The van der Waals surface area contributed by atoms with Crippen molar-refractivity contribution in [1.29, 1.82) is 0 Å². The molecule has 0 spiro atoms. The second-order valence-electron chi connectivity index (χ2n) is 15.4. The lowest BCUT2D eigenvalue weighted by atomic mass is 9.78. The lowest BCUT2D eigenvalue weighted by Gasteiger charge is -2.30. The normalized spacial score (nSPS) is 12.4. The summed E-state index contributed by atoms with van der Waals surface area (Å²) in [7, 11) is 0. The van der Waals surface area contributed by atoms with Crippen LogP contribution in [0.2, 0.25) is 0 Å². The van der Waals surface area contributed by atoms with Crippen LogP contribution in [-0.4, -0.2) is 6.36 Å². The summed E-state index contributed by atoms with van der Waals surface area (Å²) in [6.45, 7) is 4.34. The summed E-state index contributed by atoms with van der Waals surface area (Å²) in [5.41, 5.74) is 13.0. The molecule has 9 rings (SSSR count). The molecule has 61 heavy (non-hydrogen) atoms. The molecule has 0 bridgehead atoms. The summed E-state index contributed by atoms with van der Waals surface area (Å²) in [5.74, 6) is -1.26. The lowest BCUT2D eigenvalue weighted by Crippen LogP contribution is -2.19. The summed E-state index contributed by atoms with van der Waals surface area (Å²) < 4.78 is 48.6. The topological polar surface area (TPSA) is 33.3 Å². The van der Waals surface area contributed by atoms with Gasteiger partial charge in [-0.2, -0.15) is 0 Å². The predicted molar refractivity (Wildman–Crippen MR) is 244 cm³/mol. The number of ether oxygens (including phenoxy) is 1. The number of para-hydroxylation sites is 1. The molecule has 0 aliphatic heterocycles. The molecule has 0 heterocycles. The number of anilines is 2. The number of nitrogens with one attached hydrogen (secondary N) is 2. The minimum absolute atomic E-state index is 0.287. The van der Waals surface area contributed by atoms with Gasteiger partial charge < -0.3 is 15.4 Å². The van der Waals surface area contributed by atoms with Crippen LogP contribution < -0.4 is 15.4 Å². The summed E-state index contributed by atoms with van der Waals surface area (Å²) >= 11 is 0. The number of hydrogen-bond donors (Lipinski definition) is 2. The first kappa shape index (κ1) is 39.4. The Bertz CT molecular complexity index is 2630. The van der Waals surface area contributed by atoms with E-state index in [1.165, 1.54) is 11.1 Å². The molecule has 6 heteroatoms. The second-order valence-corrected chi connectivity index (χ2v) is 15.4. The van der Waals surface area contributed by atoms with Crippen LogP contribution in [0.5, 0.6) is 5.75 Å². The summed E-state index contributed by atoms with van der Waals surface area (Å²) in [5, 5.41) is 10.2. The highest BCUT2D eigenvalue weighted by Gasteiger charge is 2.35. The fourth-order valence-electron chi connectivity index (χ4n) is 9.08. The van der Waals surface area contributed by atoms with Crippen LogP contribution in [0.1, 0.15) is 81.3 Å². The molecule has 1 aliphatic carbocycles. The van der Waals surface area contributed by atoms with Crippen LogP contribution in [0.25, 0.3) is 22.2 Å². The highest BCUT2D eigenvalue weighted by atomic mass is 19.4. The van der Waals surface area contributed by atoms with E-state index < -0.39 is 18.2 Å². The third-order valence-corrected chi connectivity index (χ3v) is 11.8. The molecule has 2 N–H and O–H groups in total. The standard InChI is InChI=1S/C55H45F3N2O/c1-3-36-28-17-29-37(4-2)51(36)59-53-44-32-18-30-42-31-19-33-45(50(42)44)54(53)60-52-46(48(38-20-9-5-10-21-38)39-22-11-6-12-23-39)34-43(61-55(56,57)58)35-47(52)49(40-24-13-7-14-25-40)41-26-15-8-16-27-41/h5-35,48-49,59-60H,3-4H2,1-2H3. The number of benzene rings is 8. The van der Waals surface area contributed by atoms with Gasteiger partial charge in [0.05, 0.1) is 11.4 Å². The molecular formula is C55H45F3N2O. The van der Waals surface area contributed by atoms with Crippen molar-refractivity contribution in [2.45, 2.75) is 44.9 Å². The molecule has 0 radical (unpaired) electrons. The average Bonchev–Trinajstić information content (AvgIpc) is 3.58. The first-order chi connectivity index (χ1) is 29.8. The molecule has 8 aromatic carbocycles. The van der Waals surface area contributed by atoms with E-state index in [1.807, 2.05) is 121 Å². The van der Waals surface area contributed by atoms with Crippen molar-refractivity contribution in [3.05, 3.63) is 244 Å². The second kappa shape index (κ2) is 16.9. The Kier molecular flexibility index (Phi) is 10.9. The Morgan fingerprint density at radius 1 is 0.459 bits per heavy atom. The molecule has 0 unspecified atom stereocenters. The van der Waals surface area contributed by atoms with Gasteiger partial charge in [-0.3, -0.25) is 0 Å². The maximum Gasteiger partial charge on any atom is 0.573 e. The molecule has 8 aromatic rings. The zero-order valence-electron chi connectivity index (χ0n) is 34.0. The van der Waals surface area contributed by atoms with E-state index in [9.17, 15) is 13.2 Å². The molecule has 0 fully saturated rings. The van der Waals surface area contributed by atoms with E-state index in [4.69, 9.17) is 4.74 Å². The third-order valence-electron chi connectivity index (χ3n) is 11.8. The molecule has 0 aromatic heterocycles.